The van der Waals surface area contributed by atoms with Crippen LogP contribution in [0.15, 0.2) is 0 Å². The number of hydrogen-bond donors (Lipinski definition) is 1. The van der Waals surface area contributed by atoms with Crippen molar-refractivity contribution in [2.24, 2.45) is 17.3 Å². The second-order valence-corrected chi connectivity index (χ2v) is 7.00. The molecule has 0 heterocycles. The second-order valence-electron chi connectivity index (χ2n) is 7.00. The molecular formula is C16H31N. The second kappa shape index (κ2) is 5.73. The monoisotopic (exact) mass is 237 g/mol. The largest absolute Gasteiger partial charge is 0.313 e. The average Bonchev–Trinajstić information content (AvgIpc) is 3.08. The molecule has 2 atom stereocenters. The van der Waals surface area contributed by atoms with Gasteiger partial charge >= 0.3 is 0 Å². The minimum absolute atomic E-state index is 0.722. The minimum Gasteiger partial charge on any atom is -0.313 e. The van der Waals surface area contributed by atoms with E-state index in [2.05, 4.69) is 26.1 Å². The fourth-order valence-corrected chi connectivity index (χ4v) is 3.60. The van der Waals surface area contributed by atoms with Gasteiger partial charge in [0.05, 0.1) is 0 Å². The van der Waals surface area contributed by atoms with Crippen LogP contribution in [0.5, 0.6) is 0 Å². The van der Waals surface area contributed by atoms with Gasteiger partial charge in [-0.05, 0) is 49.4 Å². The Bertz CT molecular complexity index is 230. The van der Waals surface area contributed by atoms with E-state index in [-0.39, 0.29) is 0 Å². The molecular weight excluding hydrogens is 206 g/mol. The van der Waals surface area contributed by atoms with Crippen molar-refractivity contribution in [1.82, 2.24) is 5.32 Å². The molecule has 2 saturated carbocycles. The first-order valence-electron chi connectivity index (χ1n) is 7.88. The smallest absolute Gasteiger partial charge is 0.00700 e. The van der Waals surface area contributed by atoms with Crippen molar-refractivity contribution in [2.45, 2.75) is 78.2 Å². The molecule has 2 unspecified atom stereocenters. The summed E-state index contributed by atoms with van der Waals surface area (Å²) in [6, 6.07) is 0.825. The fourth-order valence-electron chi connectivity index (χ4n) is 3.60. The highest BCUT2D eigenvalue weighted by atomic mass is 14.9. The van der Waals surface area contributed by atoms with Crippen molar-refractivity contribution in [3.05, 3.63) is 0 Å². The Morgan fingerprint density at radius 3 is 2.59 bits per heavy atom. The van der Waals surface area contributed by atoms with Gasteiger partial charge in [-0.15, -0.1) is 0 Å². The standard InChI is InChI=1S/C16H31N/c1-4-8-16(9-10-16)12-17-15-7-5-6-14(11-15)13(2)3/h13-15,17H,4-12H2,1-3H3. The first-order chi connectivity index (χ1) is 8.15. The predicted molar refractivity (Wildman–Crippen MR) is 75.2 cm³/mol. The van der Waals surface area contributed by atoms with Crippen LogP contribution in [-0.4, -0.2) is 12.6 Å². The number of nitrogens with one attached hydrogen (secondary N) is 1. The van der Waals surface area contributed by atoms with E-state index < -0.39 is 0 Å². The summed E-state index contributed by atoms with van der Waals surface area (Å²) in [7, 11) is 0. The highest BCUT2D eigenvalue weighted by Gasteiger charge is 2.41. The van der Waals surface area contributed by atoms with Crippen molar-refractivity contribution >= 4 is 0 Å². The SMILES string of the molecule is CCCC1(CNC2CCCC(C(C)C)C2)CC1. The maximum absolute atomic E-state index is 3.89. The maximum Gasteiger partial charge on any atom is 0.00700 e. The third-order valence-corrected chi connectivity index (χ3v) is 5.16. The van der Waals surface area contributed by atoms with Crippen LogP contribution >= 0.6 is 0 Å². The van der Waals surface area contributed by atoms with Gasteiger partial charge in [0, 0.05) is 12.6 Å². The van der Waals surface area contributed by atoms with Crippen LogP contribution in [0, 0.1) is 17.3 Å². The molecule has 0 amide bonds. The molecule has 17 heavy (non-hydrogen) atoms. The maximum atomic E-state index is 3.89. The van der Waals surface area contributed by atoms with Crippen LogP contribution in [0.3, 0.4) is 0 Å². The normalized spacial score (nSPS) is 31.8. The van der Waals surface area contributed by atoms with Gasteiger partial charge in [0.15, 0.2) is 0 Å². The molecule has 0 bridgehead atoms. The van der Waals surface area contributed by atoms with Gasteiger partial charge in [-0.1, -0.05) is 40.0 Å². The van der Waals surface area contributed by atoms with Crippen LogP contribution in [0.25, 0.3) is 0 Å². The molecule has 0 aromatic heterocycles. The molecule has 2 rings (SSSR count). The van der Waals surface area contributed by atoms with Crippen LogP contribution in [0.1, 0.15) is 72.1 Å². The molecule has 1 N–H and O–H groups in total. The molecule has 0 spiro atoms. The predicted octanol–water partition coefficient (Wildman–Crippen LogP) is 4.37. The van der Waals surface area contributed by atoms with E-state index in [0.717, 1.165) is 23.3 Å². The van der Waals surface area contributed by atoms with Gasteiger partial charge in [-0.25, -0.2) is 0 Å². The van der Waals surface area contributed by atoms with E-state index in [1.807, 2.05) is 0 Å². The molecule has 2 fully saturated rings. The van der Waals surface area contributed by atoms with Gasteiger partial charge < -0.3 is 5.32 Å². The molecule has 0 radical (unpaired) electrons. The Morgan fingerprint density at radius 1 is 1.24 bits per heavy atom. The minimum atomic E-state index is 0.722. The van der Waals surface area contributed by atoms with E-state index in [1.165, 1.54) is 57.9 Å². The molecule has 0 aromatic carbocycles. The first-order valence-corrected chi connectivity index (χ1v) is 7.88. The van der Waals surface area contributed by atoms with E-state index in [1.54, 1.807) is 0 Å². The van der Waals surface area contributed by atoms with E-state index in [0.29, 0.717) is 0 Å². The third-order valence-electron chi connectivity index (χ3n) is 5.16. The summed E-state index contributed by atoms with van der Waals surface area (Å²) < 4.78 is 0. The Balaban J connectivity index is 1.72. The van der Waals surface area contributed by atoms with Crippen molar-refractivity contribution < 1.29 is 0 Å². The molecule has 1 nitrogen and oxygen atoms in total. The summed E-state index contributed by atoms with van der Waals surface area (Å²) in [6.07, 6.45) is 11.5. The van der Waals surface area contributed by atoms with Gasteiger partial charge in [-0.3, -0.25) is 0 Å². The number of hydrogen-bond acceptors (Lipinski definition) is 1. The molecule has 2 aliphatic rings. The Hall–Kier alpha value is -0.0400. The molecule has 0 aromatic rings. The summed E-state index contributed by atoms with van der Waals surface area (Å²) in [5.74, 6) is 1.85. The van der Waals surface area contributed by atoms with Crippen LogP contribution in [-0.2, 0) is 0 Å². The lowest BCUT2D eigenvalue weighted by Gasteiger charge is -2.33. The number of rotatable bonds is 6. The van der Waals surface area contributed by atoms with Crippen molar-refractivity contribution in [3.63, 3.8) is 0 Å². The van der Waals surface area contributed by atoms with Crippen LogP contribution in [0.2, 0.25) is 0 Å². The summed E-state index contributed by atoms with van der Waals surface area (Å²) >= 11 is 0. The van der Waals surface area contributed by atoms with Crippen molar-refractivity contribution in [2.75, 3.05) is 6.54 Å². The van der Waals surface area contributed by atoms with Gasteiger partial charge in [-0.2, -0.15) is 0 Å². The lowest BCUT2D eigenvalue weighted by molar-refractivity contribution is 0.222. The molecule has 2 aliphatic carbocycles. The zero-order valence-corrected chi connectivity index (χ0v) is 12.1. The van der Waals surface area contributed by atoms with E-state index in [9.17, 15) is 0 Å². The van der Waals surface area contributed by atoms with Crippen LogP contribution < -0.4 is 5.32 Å². The molecule has 1 heteroatoms. The summed E-state index contributed by atoms with van der Waals surface area (Å²) in [6.45, 7) is 8.42. The Kier molecular flexibility index (Phi) is 4.52. The molecule has 0 aliphatic heterocycles. The zero-order chi connectivity index (χ0) is 12.3. The topological polar surface area (TPSA) is 12.0 Å². The summed E-state index contributed by atoms with van der Waals surface area (Å²) in [5, 5.41) is 3.89. The summed E-state index contributed by atoms with van der Waals surface area (Å²) in [4.78, 5) is 0. The van der Waals surface area contributed by atoms with Gasteiger partial charge in [0.25, 0.3) is 0 Å². The fraction of sp³-hybridized carbons (Fsp3) is 1.00. The van der Waals surface area contributed by atoms with E-state index >= 15 is 0 Å². The third kappa shape index (κ3) is 3.71. The summed E-state index contributed by atoms with van der Waals surface area (Å²) in [5.41, 5.74) is 0.722. The lowest BCUT2D eigenvalue weighted by atomic mass is 9.79. The van der Waals surface area contributed by atoms with Crippen LogP contribution in [0.4, 0.5) is 0 Å². The molecule has 100 valence electrons. The highest BCUT2D eigenvalue weighted by molar-refractivity contribution is 4.95. The van der Waals surface area contributed by atoms with Crippen molar-refractivity contribution in [1.29, 1.82) is 0 Å². The first kappa shape index (κ1) is 13.4. The van der Waals surface area contributed by atoms with Gasteiger partial charge in [0.2, 0.25) is 0 Å². The average molecular weight is 237 g/mol. The molecule has 0 saturated heterocycles. The van der Waals surface area contributed by atoms with Gasteiger partial charge in [0.1, 0.15) is 0 Å². The van der Waals surface area contributed by atoms with Crippen molar-refractivity contribution in [3.8, 4) is 0 Å². The highest BCUT2D eigenvalue weighted by Crippen LogP contribution is 2.49. The van der Waals surface area contributed by atoms with E-state index in [4.69, 9.17) is 0 Å². The Morgan fingerprint density at radius 2 is 2.00 bits per heavy atom. The zero-order valence-electron chi connectivity index (χ0n) is 12.1. The lowest BCUT2D eigenvalue weighted by Crippen LogP contribution is -2.38. The quantitative estimate of drug-likeness (QED) is 0.723. The Labute approximate surface area is 108 Å².